The quantitative estimate of drug-likeness (QED) is 0.242. The Labute approximate surface area is 222 Å². The van der Waals surface area contributed by atoms with Crippen molar-refractivity contribution >= 4 is 27.8 Å². The zero-order valence-electron chi connectivity index (χ0n) is 21.4. The van der Waals surface area contributed by atoms with E-state index in [4.69, 9.17) is 0 Å². The smallest absolute Gasteiger partial charge is 0.0622 e. The van der Waals surface area contributed by atoms with Crippen molar-refractivity contribution in [1.82, 2.24) is 4.98 Å². The van der Waals surface area contributed by atoms with Gasteiger partial charge in [-0.2, -0.15) is 0 Å². The molecule has 38 heavy (non-hydrogen) atoms. The molecule has 0 saturated heterocycles. The van der Waals surface area contributed by atoms with E-state index in [1.165, 1.54) is 72.3 Å². The molecule has 8 rings (SSSR count). The molecule has 0 amide bonds. The lowest BCUT2D eigenvalue weighted by Crippen LogP contribution is -2.18. The molecule has 0 radical (unpaired) electrons. The maximum atomic E-state index is 4.25. The van der Waals surface area contributed by atoms with E-state index in [0.29, 0.717) is 0 Å². The first-order valence-corrected chi connectivity index (χ1v) is 13.2. The SMILES string of the molecule is CC1(C)c2ccccc2-c2c1ccc1c2N(c2ccccc2)c2cccc3c(-c4ccncc4)ccc-1c23. The monoisotopic (exact) mass is 486 g/mol. The van der Waals surface area contributed by atoms with Crippen molar-refractivity contribution in [1.29, 1.82) is 0 Å². The first-order chi connectivity index (χ1) is 18.6. The topological polar surface area (TPSA) is 16.1 Å². The number of rotatable bonds is 2. The van der Waals surface area contributed by atoms with Gasteiger partial charge < -0.3 is 4.90 Å². The van der Waals surface area contributed by atoms with Crippen LogP contribution in [0.4, 0.5) is 17.1 Å². The fourth-order valence-corrected chi connectivity index (χ4v) is 6.77. The summed E-state index contributed by atoms with van der Waals surface area (Å²) in [7, 11) is 0. The van der Waals surface area contributed by atoms with E-state index >= 15 is 0 Å². The molecule has 0 bridgehead atoms. The highest BCUT2D eigenvalue weighted by Crippen LogP contribution is 2.60. The summed E-state index contributed by atoms with van der Waals surface area (Å²) in [5.41, 5.74) is 14.1. The number of hydrogen-bond donors (Lipinski definition) is 0. The highest BCUT2D eigenvalue weighted by molar-refractivity contribution is 6.19. The van der Waals surface area contributed by atoms with Gasteiger partial charge in [-0.25, -0.2) is 0 Å². The maximum absolute atomic E-state index is 4.25. The number of anilines is 3. The van der Waals surface area contributed by atoms with Crippen LogP contribution in [0.25, 0.3) is 44.2 Å². The Balaban J connectivity index is 1.53. The molecule has 6 aromatic rings. The Morgan fingerprint density at radius 3 is 2.16 bits per heavy atom. The molecule has 1 aliphatic carbocycles. The van der Waals surface area contributed by atoms with Gasteiger partial charge in [-0.05, 0) is 69.1 Å². The fraction of sp³-hybridized carbons (Fsp3) is 0.0833. The first kappa shape index (κ1) is 21.4. The summed E-state index contributed by atoms with van der Waals surface area (Å²) < 4.78 is 0. The highest BCUT2D eigenvalue weighted by atomic mass is 15.2. The minimum Gasteiger partial charge on any atom is -0.309 e. The van der Waals surface area contributed by atoms with Crippen molar-refractivity contribution in [2.75, 3.05) is 4.90 Å². The van der Waals surface area contributed by atoms with Crippen LogP contribution in [0.1, 0.15) is 25.0 Å². The van der Waals surface area contributed by atoms with E-state index in [2.05, 4.69) is 133 Å². The number of hydrogen-bond acceptors (Lipinski definition) is 2. The Kier molecular flexibility index (Phi) is 4.31. The van der Waals surface area contributed by atoms with Gasteiger partial charge in [-0.3, -0.25) is 4.98 Å². The van der Waals surface area contributed by atoms with Crippen LogP contribution in [0.15, 0.2) is 122 Å². The standard InChI is InChI=1S/C36H26N2/c1-36(2)30-13-7-6-11-29(30)34-31(36)18-17-28-27-16-15-25(23-19-21-37-22-20-23)26-12-8-14-32(33(26)27)38(35(28)34)24-9-4-3-5-10-24/h3-22H,1-2H3. The number of nitrogens with zero attached hydrogens (tertiary/aromatic N) is 2. The highest BCUT2D eigenvalue weighted by Gasteiger charge is 2.40. The summed E-state index contributed by atoms with van der Waals surface area (Å²) in [5, 5.41) is 2.56. The third kappa shape index (κ3) is 2.75. The van der Waals surface area contributed by atoms with Crippen molar-refractivity contribution in [3.05, 3.63) is 133 Å². The number of fused-ring (bicyclic) bond motifs is 6. The third-order valence-corrected chi connectivity index (χ3v) is 8.50. The van der Waals surface area contributed by atoms with Crippen LogP contribution >= 0.6 is 0 Å². The van der Waals surface area contributed by atoms with Gasteiger partial charge in [0.15, 0.2) is 0 Å². The van der Waals surface area contributed by atoms with Crippen molar-refractivity contribution in [3.8, 4) is 33.4 Å². The molecular formula is C36H26N2. The maximum Gasteiger partial charge on any atom is 0.0622 e. The molecule has 0 N–H and O–H groups in total. The molecule has 2 heteroatoms. The van der Waals surface area contributed by atoms with Gasteiger partial charge >= 0.3 is 0 Å². The Hall–Kier alpha value is -4.69. The van der Waals surface area contributed by atoms with E-state index in [0.717, 1.165) is 0 Å². The fourth-order valence-electron chi connectivity index (χ4n) is 6.77. The minimum atomic E-state index is -0.0548. The molecule has 0 atom stereocenters. The van der Waals surface area contributed by atoms with Crippen LogP contribution in [-0.4, -0.2) is 4.98 Å². The zero-order valence-corrected chi connectivity index (χ0v) is 21.4. The third-order valence-electron chi connectivity index (χ3n) is 8.50. The molecule has 5 aromatic carbocycles. The van der Waals surface area contributed by atoms with E-state index < -0.39 is 0 Å². The Morgan fingerprint density at radius 1 is 0.579 bits per heavy atom. The summed E-state index contributed by atoms with van der Waals surface area (Å²) in [6.07, 6.45) is 3.75. The molecule has 0 unspecified atom stereocenters. The zero-order chi connectivity index (χ0) is 25.4. The molecule has 0 spiro atoms. The van der Waals surface area contributed by atoms with Gasteiger partial charge in [-0.15, -0.1) is 0 Å². The lowest BCUT2D eigenvalue weighted by molar-refractivity contribution is 0.660. The number of benzene rings is 5. The van der Waals surface area contributed by atoms with Crippen LogP contribution in [-0.2, 0) is 5.41 Å². The second-order valence-electron chi connectivity index (χ2n) is 10.8. The first-order valence-electron chi connectivity index (χ1n) is 13.2. The molecule has 180 valence electrons. The molecule has 1 aromatic heterocycles. The predicted molar refractivity (Wildman–Crippen MR) is 158 cm³/mol. The van der Waals surface area contributed by atoms with Crippen LogP contribution in [0, 0.1) is 0 Å². The van der Waals surface area contributed by atoms with Crippen molar-refractivity contribution in [2.24, 2.45) is 0 Å². The van der Waals surface area contributed by atoms with Gasteiger partial charge in [0.2, 0.25) is 0 Å². The molecule has 2 heterocycles. The van der Waals surface area contributed by atoms with Crippen LogP contribution in [0.3, 0.4) is 0 Å². The van der Waals surface area contributed by atoms with Crippen molar-refractivity contribution < 1.29 is 0 Å². The van der Waals surface area contributed by atoms with Crippen molar-refractivity contribution in [3.63, 3.8) is 0 Å². The molecule has 0 fully saturated rings. The van der Waals surface area contributed by atoms with E-state index in [9.17, 15) is 0 Å². The normalized spacial score (nSPS) is 14.2. The lowest BCUT2D eigenvalue weighted by atomic mass is 9.80. The van der Waals surface area contributed by atoms with Gasteiger partial charge in [0.25, 0.3) is 0 Å². The van der Waals surface area contributed by atoms with Crippen LogP contribution in [0.5, 0.6) is 0 Å². The largest absolute Gasteiger partial charge is 0.309 e. The van der Waals surface area contributed by atoms with Crippen molar-refractivity contribution in [2.45, 2.75) is 19.3 Å². The number of aromatic nitrogens is 1. The summed E-state index contributed by atoms with van der Waals surface area (Å²) >= 11 is 0. The predicted octanol–water partition coefficient (Wildman–Crippen LogP) is 9.66. The number of pyridine rings is 1. The lowest BCUT2D eigenvalue weighted by Gasteiger charge is -2.36. The summed E-state index contributed by atoms with van der Waals surface area (Å²) in [6.45, 7) is 4.71. The van der Waals surface area contributed by atoms with Gasteiger partial charge in [-0.1, -0.05) is 92.7 Å². The Bertz CT molecular complexity index is 1880. The molecular weight excluding hydrogens is 460 g/mol. The van der Waals surface area contributed by atoms with Crippen LogP contribution < -0.4 is 4.90 Å². The average molecular weight is 487 g/mol. The van der Waals surface area contributed by atoms with E-state index in [-0.39, 0.29) is 5.41 Å². The molecule has 2 aliphatic rings. The average Bonchev–Trinajstić information content (AvgIpc) is 3.21. The molecule has 1 aliphatic heterocycles. The van der Waals surface area contributed by atoms with E-state index in [1.807, 2.05) is 12.4 Å². The summed E-state index contributed by atoms with van der Waals surface area (Å²) in [6, 6.07) is 40.0. The minimum absolute atomic E-state index is 0.0548. The van der Waals surface area contributed by atoms with Crippen LogP contribution in [0.2, 0.25) is 0 Å². The Morgan fingerprint density at radius 2 is 1.32 bits per heavy atom. The molecule has 2 nitrogen and oxygen atoms in total. The van der Waals surface area contributed by atoms with Gasteiger partial charge in [0.1, 0.15) is 0 Å². The summed E-state index contributed by atoms with van der Waals surface area (Å²) in [4.78, 5) is 6.75. The van der Waals surface area contributed by atoms with Gasteiger partial charge in [0, 0.05) is 40.0 Å². The summed E-state index contributed by atoms with van der Waals surface area (Å²) in [5.74, 6) is 0. The second kappa shape index (κ2) is 7.66. The van der Waals surface area contributed by atoms with Gasteiger partial charge in [0.05, 0.1) is 11.4 Å². The molecule has 0 saturated carbocycles. The second-order valence-corrected chi connectivity index (χ2v) is 10.8. The number of para-hydroxylation sites is 1. The van der Waals surface area contributed by atoms with E-state index in [1.54, 1.807) is 0 Å².